The highest BCUT2D eigenvalue weighted by Crippen LogP contribution is 2.26. The van der Waals surface area contributed by atoms with Gasteiger partial charge < -0.3 is 9.47 Å². The van der Waals surface area contributed by atoms with E-state index < -0.39 is 5.97 Å². The third-order valence-electron chi connectivity index (χ3n) is 3.50. The topological polar surface area (TPSA) is 48.4 Å². The van der Waals surface area contributed by atoms with Crippen LogP contribution in [0, 0.1) is 6.92 Å². The fraction of sp³-hybridized carbons (Fsp3) is 0.158. The van der Waals surface area contributed by atoms with Crippen molar-refractivity contribution < 1.29 is 14.3 Å². The highest BCUT2D eigenvalue weighted by molar-refractivity contribution is 7.13. The van der Waals surface area contributed by atoms with E-state index in [9.17, 15) is 4.79 Å². The minimum Gasteiger partial charge on any atom is -0.497 e. The molecule has 0 unspecified atom stereocenters. The minimum absolute atomic E-state index is 0.246. The number of carbonyl (C=O) groups is 1. The quantitative estimate of drug-likeness (QED) is 0.643. The van der Waals surface area contributed by atoms with Crippen molar-refractivity contribution in [2.75, 3.05) is 7.11 Å². The number of rotatable bonds is 5. The molecular formula is C19H17NO3S. The molecule has 0 saturated heterocycles. The molecule has 0 amide bonds. The first-order chi connectivity index (χ1) is 11.7. The molecule has 0 saturated carbocycles. The maximum Gasteiger partial charge on any atom is 0.358 e. The fourth-order valence-corrected chi connectivity index (χ4v) is 3.05. The standard InChI is InChI=1S/C19H17NO3S/c1-13-4-3-5-14(10-13)11-23-19(21)17-12-24-18(20-17)15-6-8-16(22-2)9-7-15/h3-10,12H,11H2,1-2H3. The number of methoxy groups -OCH3 is 1. The minimum atomic E-state index is -0.410. The Hall–Kier alpha value is -2.66. The molecule has 4 nitrogen and oxygen atoms in total. The van der Waals surface area contributed by atoms with Gasteiger partial charge in [-0.3, -0.25) is 0 Å². The van der Waals surface area contributed by atoms with Crippen molar-refractivity contribution in [3.8, 4) is 16.3 Å². The summed E-state index contributed by atoms with van der Waals surface area (Å²) in [5.41, 5.74) is 3.38. The number of hydrogen-bond acceptors (Lipinski definition) is 5. The molecule has 2 aromatic carbocycles. The van der Waals surface area contributed by atoms with Crippen molar-refractivity contribution in [1.82, 2.24) is 4.98 Å². The van der Waals surface area contributed by atoms with Crippen LogP contribution in [0.4, 0.5) is 0 Å². The molecule has 0 bridgehead atoms. The van der Waals surface area contributed by atoms with Crippen LogP contribution in [-0.2, 0) is 11.3 Å². The lowest BCUT2D eigenvalue weighted by molar-refractivity contribution is 0.0466. The van der Waals surface area contributed by atoms with E-state index in [2.05, 4.69) is 4.98 Å². The van der Waals surface area contributed by atoms with Crippen molar-refractivity contribution in [3.05, 3.63) is 70.7 Å². The number of aryl methyl sites for hydroxylation is 1. The molecule has 0 aliphatic heterocycles. The molecular weight excluding hydrogens is 322 g/mol. The number of ether oxygens (including phenoxy) is 2. The average Bonchev–Trinajstić information content (AvgIpc) is 3.10. The van der Waals surface area contributed by atoms with Gasteiger partial charge in [-0.15, -0.1) is 11.3 Å². The van der Waals surface area contributed by atoms with Gasteiger partial charge >= 0.3 is 5.97 Å². The van der Waals surface area contributed by atoms with Crippen LogP contribution in [0.25, 0.3) is 10.6 Å². The SMILES string of the molecule is COc1ccc(-c2nc(C(=O)OCc3cccc(C)c3)cs2)cc1. The first-order valence-electron chi connectivity index (χ1n) is 7.48. The van der Waals surface area contributed by atoms with Crippen LogP contribution < -0.4 is 4.74 Å². The van der Waals surface area contributed by atoms with E-state index in [0.717, 1.165) is 27.4 Å². The van der Waals surface area contributed by atoms with Crippen LogP contribution >= 0.6 is 11.3 Å². The zero-order valence-electron chi connectivity index (χ0n) is 13.5. The Morgan fingerprint density at radius 3 is 2.67 bits per heavy atom. The van der Waals surface area contributed by atoms with Gasteiger partial charge in [-0.25, -0.2) is 9.78 Å². The van der Waals surface area contributed by atoms with Crippen LogP contribution in [-0.4, -0.2) is 18.1 Å². The van der Waals surface area contributed by atoms with Crippen LogP contribution in [0.3, 0.4) is 0 Å². The molecule has 0 atom stereocenters. The smallest absolute Gasteiger partial charge is 0.358 e. The summed E-state index contributed by atoms with van der Waals surface area (Å²) >= 11 is 1.42. The molecule has 0 aliphatic rings. The summed E-state index contributed by atoms with van der Waals surface area (Å²) in [6.07, 6.45) is 0. The molecule has 0 radical (unpaired) electrons. The molecule has 3 aromatic rings. The molecule has 0 spiro atoms. The first kappa shape index (κ1) is 16.2. The van der Waals surface area contributed by atoms with Gasteiger partial charge in [0.1, 0.15) is 17.4 Å². The number of nitrogens with zero attached hydrogens (tertiary/aromatic N) is 1. The molecule has 0 N–H and O–H groups in total. The van der Waals surface area contributed by atoms with E-state index in [1.54, 1.807) is 12.5 Å². The van der Waals surface area contributed by atoms with Crippen LogP contribution in [0.5, 0.6) is 5.75 Å². The Kier molecular flexibility index (Phi) is 4.91. The lowest BCUT2D eigenvalue weighted by Crippen LogP contribution is -2.05. The van der Waals surface area contributed by atoms with Gasteiger partial charge in [0.05, 0.1) is 7.11 Å². The van der Waals surface area contributed by atoms with E-state index in [-0.39, 0.29) is 6.61 Å². The summed E-state index contributed by atoms with van der Waals surface area (Å²) in [4.78, 5) is 16.5. The lowest BCUT2D eigenvalue weighted by Gasteiger charge is -2.04. The second-order valence-corrected chi connectivity index (χ2v) is 6.19. The molecule has 0 fully saturated rings. The van der Waals surface area contributed by atoms with Gasteiger partial charge in [0.2, 0.25) is 0 Å². The number of benzene rings is 2. The van der Waals surface area contributed by atoms with E-state index in [1.807, 2.05) is 55.5 Å². The van der Waals surface area contributed by atoms with Crippen molar-refractivity contribution in [1.29, 1.82) is 0 Å². The average molecular weight is 339 g/mol. The highest BCUT2D eigenvalue weighted by Gasteiger charge is 2.13. The van der Waals surface area contributed by atoms with E-state index in [1.165, 1.54) is 11.3 Å². The summed E-state index contributed by atoms with van der Waals surface area (Å²) in [5, 5.41) is 2.50. The molecule has 0 aliphatic carbocycles. The Labute approximate surface area is 144 Å². The number of hydrogen-bond donors (Lipinski definition) is 0. The van der Waals surface area contributed by atoms with Gasteiger partial charge in [0, 0.05) is 10.9 Å². The summed E-state index contributed by atoms with van der Waals surface area (Å²) in [7, 11) is 1.63. The molecule has 3 rings (SSSR count). The van der Waals surface area contributed by atoms with Crippen LogP contribution in [0.1, 0.15) is 21.6 Å². The molecule has 24 heavy (non-hydrogen) atoms. The Balaban J connectivity index is 1.66. The normalized spacial score (nSPS) is 10.4. The summed E-state index contributed by atoms with van der Waals surface area (Å²) in [6, 6.07) is 15.5. The zero-order valence-corrected chi connectivity index (χ0v) is 14.3. The van der Waals surface area contributed by atoms with Crippen LogP contribution in [0.2, 0.25) is 0 Å². The second kappa shape index (κ2) is 7.27. The fourth-order valence-electron chi connectivity index (χ4n) is 2.26. The molecule has 5 heteroatoms. The number of aromatic nitrogens is 1. The van der Waals surface area contributed by atoms with Crippen molar-refractivity contribution in [3.63, 3.8) is 0 Å². The summed E-state index contributed by atoms with van der Waals surface area (Å²) in [5.74, 6) is 0.376. The first-order valence-corrected chi connectivity index (χ1v) is 8.36. The van der Waals surface area contributed by atoms with Crippen molar-refractivity contribution >= 4 is 17.3 Å². The van der Waals surface area contributed by atoms with Gasteiger partial charge in [-0.2, -0.15) is 0 Å². The second-order valence-electron chi connectivity index (χ2n) is 5.33. The maximum atomic E-state index is 12.1. The van der Waals surface area contributed by atoms with Crippen molar-refractivity contribution in [2.45, 2.75) is 13.5 Å². The number of thiazole rings is 1. The van der Waals surface area contributed by atoms with Gasteiger partial charge in [-0.1, -0.05) is 29.8 Å². The Bertz CT molecular complexity index is 840. The Morgan fingerprint density at radius 1 is 1.17 bits per heavy atom. The summed E-state index contributed by atoms with van der Waals surface area (Å²) < 4.78 is 10.5. The third kappa shape index (κ3) is 3.81. The predicted molar refractivity (Wildman–Crippen MR) is 94.4 cm³/mol. The molecule has 1 aromatic heterocycles. The lowest BCUT2D eigenvalue weighted by atomic mass is 10.1. The van der Waals surface area contributed by atoms with Crippen molar-refractivity contribution in [2.24, 2.45) is 0 Å². The van der Waals surface area contributed by atoms with Gasteiger partial charge in [0.25, 0.3) is 0 Å². The summed E-state index contributed by atoms with van der Waals surface area (Å²) in [6.45, 7) is 2.25. The van der Waals surface area contributed by atoms with Gasteiger partial charge in [-0.05, 0) is 36.8 Å². The van der Waals surface area contributed by atoms with E-state index in [0.29, 0.717) is 5.69 Å². The van der Waals surface area contributed by atoms with E-state index in [4.69, 9.17) is 9.47 Å². The van der Waals surface area contributed by atoms with Crippen LogP contribution in [0.15, 0.2) is 53.9 Å². The molecule has 1 heterocycles. The largest absolute Gasteiger partial charge is 0.497 e. The third-order valence-corrected chi connectivity index (χ3v) is 4.39. The molecule has 122 valence electrons. The Morgan fingerprint density at radius 2 is 1.96 bits per heavy atom. The van der Waals surface area contributed by atoms with E-state index >= 15 is 0 Å². The number of carbonyl (C=O) groups excluding carboxylic acids is 1. The maximum absolute atomic E-state index is 12.1. The van der Waals surface area contributed by atoms with Gasteiger partial charge in [0.15, 0.2) is 5.69 Å². The monoisotopic (exact) mass is 339 g/mol. The zero-order chi connectivity index (χ0) is 16.9. The highest BCUT2D eigenvalue weighted by atomic mass is 32.1. The predicted octanol–water partition coefficient (Wildman–Crippen LogP) is 4.48. The number of esters is 1.